The van der Waals surface area contributed by atoms with Gasteiger partial charge in [0.2, 0.25) is 11.8 Å². The number of rotatable bonds is 4. The zero-order valence-electron chi connectivity index (χ0n) is 11.5. The summed E-state index contributed by atoms with van der Waals surface area (Å²) >= 11 is 0. The Labute approximate surface area is 109 Å². The van der Waals surface area contributed by atoms with Crippen LogP contribution in [0.1, 0.15) is 33.6 Å². The first-order chi connectivity index (χ1) is 8.45. The molecule has 5 nitrogen and oxygen atoms in total. The predicted octanol–water partition coefficient (Wildman–Crippen LogP) is 0.378. The number of carbonyl (C=O) groups is 2. The second-order valence-electron chi connectivity index (χ2n) is 5.32. The summed E-state index contributed by atoms with van der Waals surface area (Å²) in [5, 5.41) is 12.1. The van der Waals surface area contributed by atoms with E-state index in [-0.39, 0.29) is 36.3 Å². The van der Waals surface area contributed by atoms with Crippen LogP contribution in [0, 0.1) is 11.8 Å². The molecule has 1 fully saturated rings. The lowest BCUT2D eigenvalue weighted by Crippen LogP contribution is -2.47. The largest absolute Gasteiger partial charge is 0.394 e. The molecule has 0 aromatic rings. The Morgan fingerprint density at radius 2 is 1.89 bits per heavy atom. The monoisotopic (exact) mass is 256 g/mol. The van der Waals surface area contributed by atoms with Crippen molar-refractivity contribution in [2.75, 3.05) is 19.7 Å². The van der Waals surface area contributed by atoms with Crippen molar-refractivity contribution in [3.63, 3.8) is 0 Å². The number of aliphatic hydroxyl groups excluding tert-OH is 1. The van der Waals surface area contributed by atoms with E-state index in [0.29, 0.717) is 25.9 Å². The Balaban J connectivity index is 2.42. The molecular weight excluding hydrogens is 232 g/mol. The number of nitrogens with zero attached hydrogens (tertiary/aromatic N) is 1. The number of piperidine rings is 1. The van der Waals surface area contributed by atoms with Gasteiger partial charge in [-0.1, -0.05) is 13.8 Å². The third-order valence-corrected chi connectivity index (χ3v) is 3.64. The van der Waals surface area contributed by atoms with E-state index in [4.69, 9.17) is 0 Å². The van der Waals surface area contributed by atoms with Crippen LogP contribution in [0.4, 0.5) is 0 Å². The van der Waals surface area contributed by atoms with Crippen LogP contribution in [-0.4, -0.2) is 47.6 Å². The van der Waals surface area contributed by atoms with Gasteiger partial charge in [0.15, 0.2) is 0 Å². The molecule has 1 saturated heterocycles. The number of carbonyl (C=O) groups excluding carboxylic acids is 2. The van der Waals surface area contributed by atoms with Crippen molar-refractivity contribution in [2.24, 2.45) is 11.8 Å². The topological polar surface area (TPSA) is 69.6 Å². The lowest BCUT2D eigenvalue weighted by atomic mass is 9.94. The molecule has 0 bridgehead atoms. The molecule has 104 valence electrons. The van der Waals surface area contributed by atoms with Gasteiger partial charge in [0.05, 0.1) is 12.6 Å². The smallest absolute Gasteiger partial charge is 0.223 e. The maximum atomic E-state index is 12.0. The first-order valence-corrected chi connectivity index (χ1v) is 6.62. The van der Waals surface area contributed by atoms with E-state index in [2.05, 4.69) is 5.32 Å². The summed E-state index contributed by atoms with van der Waals surface area (Å²) < 4.78 is 0. The molecule has 0 aromatic heterocycles. The molecule has 0 aliphatic carbocycles. The highest BCUT2D eigenvalue weighted by molar-refractivity contribution is 5.79. The molecule has 1 atom stereocenters. The number of amides is 2. The van der Waals surface area contributed by atoms with Crippen molar-refractivity contribution in [2.45, 2.75) is 39.7 Å². The van der Waals surface area contributed by atoms with Crippen LogP contribution in [0.25, 0.3) is 0 Å². The van der Waals surface area contributed by atoms with Gasteiger partial charge in [-0.25, -0.2) is 0 Å². The number of nitrogens with one attached hydrogen (secondary N) is 1. The first kappa shape index (κ1) is 15.0. The number of likely N-dealkylation sites (tertiary alicyclic amines) is 1. The molecule has 1 unspecified atom stereocenters. The summed E-state index contributed by atoms with van der Waals surface area (Å²) in [6, 6.07) is -0.177. The minimum absolute atomic E-state index is 0.00551. The molecule has 0 spiro atoms. The van der Waals surface area contributed by atoms with E-state index in [1.54, 1.807) is 11.8 Å². The van der Waals surface area contributed by atoms with Crippen molar-refractivity contribution in [3.05, 3.63) is 0 Å². The van der Waals surface area contributed by atoms with Gasteiger partial charge in [-0.2, -0.15) is 0 Å². The Morgan fingerprint density at radius 3 is 2.28 bits per heavy atom. The minimum Gasteiger partial charge on any atom is -0.394 e. The normalized spacial score (nSPS) is 18.8. The molecule has 1 heterocycles. The predicted molar refractivity (Wildman–Crippen MR) is 68.8 cm³/mol. The van der Waals surface area contributed by atoms with E-state index in [0.717, 1.165) is 0 Å². The van der Waals surface area contributed by atoms with Gasteiger partial charge in [-0.15, -0.1) is 0 Å². The summed E-state index contributed by atoms with van der Waals surface area (Å²) in [6.45, 7) is 6.77. The molecule has 2 N–H and O–H groups in total. The van der Waals surface area contributed by atoms with Gasteiger partial charge >= 0.3 is 0 Å². The van der Waals surface area contributed by atoms with Crippen LogP contribution in [0.2, 0.25) is 0 Å². The van der Waals surface area contributed by atoms with Crippen molar-refractivity contribution in [1.29, 1.82) is 0 Å². The first-order valence-electron chi connectivity index (χ1n) is 6.62. The lowest BCUT2D eigenvalue weighted by Gasteiger charge is -2.31. The Hall–Kier alpha value is -1.10. The summed E-state index contributed by atoms with van der Waals surface area (Å²) in [5.41, 5.74) is 0. The van der Waals surface area contributed by atoms with Crippen LogP contribution >= 0.6 is 0 Å². The summed E-state index contributed by atoms with van der Waals surface area (Å²) in [5.74, 6) is 0.264. The highest BCUT2D eigenvalue weighted by atomic mass is 16.3. The molecular formula is C13H24N2O3. The van der Waals surface area contributed by atoms with E-state index in [1.165, 1.54) is 0 Å². The van der Waals surface area contributed by atoms with Crippen molar-refractivity contribution >= 4 is 11.8 Å². The van der Waals surface area contributed by atoms with Crippen LogP contribution in [0.15, 0.2) is 0 Å². The number of hydrogen-bond donors (Lipinski definition) is 2. The van der Waals surface area contributed by atoms with Crippen molar-refractivity contribution in [3.8, 4) is 0 Å². The quantitative estimate of drug-likeness (QED) is 0.764. The maximum absolute atomic E-state index is 12.0. The Bertz CT molecular complexity index is 297. The average molecular weight is 256 g/mol. The zero-order chi connectivity index (χ0) is 13.7. The fourth-order valence-electron chi connectivity index (χ4n) is 2.18. The third-order valence-electron chi connectivity index (χ3n) is 3.64. The third kappa shape index (κ3) is 3.98. The number of hydrogen-bond acceptors (Lipinski definition) is 3. The summed E-state index contributed by atoms with van der Waals surface area (Å²) in [4.78, 5) is 25.0. The van der Waals surface area contributed by atoms with Gasteiger partial charge in [0.1, 0.15) is 0 Å². The van der Waals surface area contributed by atoms with Crippen LogP contribution in [0.5, 0.6) is 0 Å². The molecule has 5 heteroatoms. The molecule has 0 aromatic carbocycles. The van der Waals surface area contributed by atoms with Gasteiger partial charge < -0.3 is 15.3 Å². The maximum Gasteiger partial charge on any atom is 0.223 e. The van der Waals surface area contributed by atoms with E-state index < -0.39 is 0 Å². The van der Waals surface area contributed by atoms with Gasteiger partial charge in [0.25, 0.3) is 0 Å². The van der Waals surface area contributed by atoms with E-state index in [9.17, 15) is 14.7 Å². The van der Waals surface area contributed by atoms with Gasteiger partial charge in [0, 0.05) is 25.9 Å². The van der Waals surface area contributed by atoms with E-state index in [1.807, 2.05) is 13.8 Å². The zero-order valence-corrected chi connectivity index (χ0v) is 11.5. The Kier molecular flexibility index (Phi) is 5.59. The lowest BCUT2D eigenvalue weighted by molar-refractivity contribution is -0.134. The SMILES string of the molecule is CC(=O)N1CCC(C(=O)NC(CO)C(C)C)CC1. The summed E-state index contributed by atoms with van der Waals surface area (Å²) in [6.07, 6.45) is 1.42. The second kappa shape index (κ2) is 6.73. The van der Waals surface area contributed by atoms with E-state index >= 15 is 0 Å². The molecule has 1 aliphatic heterocycles. The minimum atomic E-state index is -0.177. The van der Waals surface area contributed by atoms with Crippen LogP contribution < -0.4 is 5.32 Å². The van der Waals surface area contributed by atoms with Crippen molar-refractivity contribution < 1.29 is 14.7 Å². The fourth-order valence-corrected chi connectivity index (χ4v) is 2.18. The molecule has 1 aliphatic rings. The van der Waals surface area contributed by atoms with Crippen molar-refractivity contribution in [1.82, 2.24) is 10.2 Å². The molecule has 18 heavy (non-hydrogen) atoms. The molecule has 1 rings (SSSR count). The molecule has 2 amide bonds. The molecule has 0 radical (unpaired) electrons. The molecule has 0 saturated carbocycles. The highest BCUT2D eigenvalue weighted by Gasteiger charge is 2.27. The number of aliphatic hydroxyl groups is 1. The standard InChI is InChI=1S/C13H24N2O3/c1-9(2)12(8-16)14-13(18)11-4-6-15(7-5-11)10(3)17/h9,11-12,16H,4-8H2,1-3H3,(H,14,18). The van der Waals surface area contributed by atoms with Gasteiger partial charge in [-0.3, -0.25) is 9.59 Å². The van der Waals surface area contributed by atoms with Gasteiger partial charge in [-0.05, 0) is 18.8 Å². The average Bonchev–Trinajstić information content (AvgIpc) is 2.35. The Morgan fingerprint density at radius 1 is 1.33 bits per heavy atom. The second-order valence-corrected chi connectivity index (χ2v) is 5.32. The van der Waals surface area contributed by atoms with Crippen LogP contribution in [-0.2, 0) is 9.59 Å². The highest BCUT2D eigenvalue weighted by Crippen LogP contribution is 2.18. The van der Waals surface area contributed by atoms with Crippen LogP contribution in [0.3, 0.4) is 0 Å². The fraction of sp³-hybridized carbons (Fsp3) is 0.846. The summed E-state index contributed by atoms with van der Waals surface area (Å²) in [7, 11) is 0.